The number of amides is 1. The van der Waals surface area contributed by atoms with Gasteiger partial charge in [0.05, 0.1) is 17.5 Å². The molecule has 0 aliphatic carbocycles. The summed E-state index contributed by atoms with van der Waals surface area (Å²) in [5.41, 5.74) is 3.93. The van der Waals surface area contributed by atoms with Crippen LogP contribution in [0.2, 0.25) is 5.02 Å². The van der Waals surface area contributed by atoms with Crippen molar-refractivity contribution in [2.24, 2.45) is 0 Å². The lowest BCUT2D eigenvalue weighted by atomic mass is 10.1. The van der Waals surface area contributed by atoms with Gasteiger partial charge in [0.1, 0.15) is 0 Å². The fraction of sp³-hybridized carbons (Fsp3) is 0.208. The highest BCUT2D eigenvalue weighted by atomic mass is 35.5. The molecule has 2 aromatic carbocycles. The fourth-order valence-electron chi connectivity index (χ4n) is 3.67. The lowest BCUT2D eigenvalue weighted by Gasteiger charge is -2.09. The molecule has 0 bridgehead atoms. The minimum absolute atomic E-state index is 0.0792. The van der Waals surface area contributed by atoms with Crippen LogP contribution >= 0.6 is 22.9 Å². The van der Waals surface area contributed by atoms with Gasteiger partial charge in [-0.15, -0.1) is 11.3 Å². The maximum Gasteiger partial charge on any atom is 0.271 e. The van der Waals surface area contributed by atoms with E-state index in [0.717, 1.165) is 42.0 Å². The van der Waals surface area contributed by atoms with Crippen molar-refractivity contribution in [2.45, 2.75) is 18.9 Å². The van der Waals surface area contributed by atoms with Crippen LogP contribution in [0.5, 0.6) is 0 Å². The number of halogens is 1. The maximum absolute atomic E-state index is 12.8. The van der Waals surface area contributed by atoms with Crippen LogP contribution in [0, 0.1) is 0 Å². The number of carbonyl (C=O) groups is 1. The van der Waals surface area contributed by atoms with E-state index in [9.17, 15) is 4.79 Å². The van der Waals surface area contributed by atoms with Gasteiger partial charge in [-0.1, -0.05) is 54.1 Å². The average Bonchev–Trinajstić information content (AvgIpc) is 3.59. The molecule has 1 aliphatic heterocycles. The first-order valence-corrected chi connectivity index (χ1v) is 11.7. The smallest absolute Gasteiger partial charge is 0.271 e. The molecule has 6 nitrogen and oxygen atoms in total. The summed E-state index contributed by atoms with van der Waals surface area (Å²) in [6.07, 6.45) is 2.08. The number of hydrogen-bond acceptors (Lipinski definition) is 5. The van der Waals surface area contributed by atoms with Crippen LogP contribution in [0.15, 0.2) is 66.0 Å². The Morgan fingerprint density at radius 3 is 2.72 bits per heavy atom. The predicted octanol–water partition coefficient (Wildman–Crippen LogP) is 5.23. The lowest BCUT2D eigenvalue weighted by molar-refractivity contribution is 0.0853. The van der Waals surface area contributed by atoms with Gasteiger partial charge >= 0.3 is 0 Å². The molecule has 1 saturated heterocycles. The van der Waals surface area contributed by atoms with E-state index in [1.165, 1.54) is 11.3 Å². The summed E-state index contributed by atoms with van der Waals surface area (Å²) >= 11 is 7.48. The van der Waals surface area contributed by atoms with Crippen LogP contribution in [0.4, 0.5) is 0 Å². The van der Waals surface area contributed by atoms with Gasteiger partial charge in [0.25, 0.3) is 5.91 Å². The zero-order chi connectivity index (χ0) is 21.9. The van der Waals surface area contributed by atoms with E-state index < -0.39 is 0 Å². The third kappa shape index (κ3) is 4.46. The molecule has 8 heteroatoms. The number of nitrogens with zero attached hydrogens (tertiary/aromatic N) is 3. The number of rotatable bonds is 6. The van der Waals surface area contributed by atoms with Gasteiger partial charge in [0.2, 0.25) is 5.13 Å². The summed E-state index contributed by atoms with van der Waals surface area (Å²) in [7, 11) is 0. The molecule has 1 fully saturated rings. The number of ether oxygens (including phenoxy) is 1. The van der Waals surface area contributed by atoms with Gasteiger partial charge in [0, 0.05) is 34.7 Å². The monoisotopic (exact) mass is 464 g/mol. The third-order valence-electron chi connectivity index (χ3n) is 5.34. The molecular formula is C24H21ClN4O2S. The fourth-order valence-corrected chi connectivity index (χ4v) is 4.59. The van der Waals surface area contributed by atoms with Crippen molar-refractivity contribution in [1.29, 1.82) is 0 Å². The van der Waals surface area contributed by atoms with E-state index in [4.69, 9.17) is 21.3 Å². The first-order valence-electron chi connectivity index (χ1n) is 10.4. The van der Waals surface area contributed by atoms with Gasteiger partial charge in [-0.05, 0) is 31.0 Å². The molecule has 1 atom stereocenters. The van der Waals surface area contributed by atoms with E-state index >= 15 is 0 Å². The lowest BCUT2D eigenvalue weighted by Crippen LogP contribution is -2.32. The first kappa shape index (κ1) is 20.9. The highest BCUT2D eigenvalue weighted by Gasteiger charge is 2.21. The van der Waals surface area contributed by atoms with E-state index in [2.05, 4.69) is 10.4 Å². The Labute approximate surface area is 194 Å². The molecule has 5 rings (SSSR count). The summed E-state index contributed by atoms with van der Waals surface area (Å²) in [6.45, 7) is 1.25. The summed E-state index contributed by atoms with van der Waals surface area (Å²) in [5, 5.41) is 10.9. The second-order valence-corrected chi connectivity index (χ2v) is 8.83. The highest BCUT2D eigenvalue weighted by molar-refractivity contribution is 7.12. The summed E-state index contributed by atoms with van der Waals surface area (Å²) < 4.78 is 7.34. The Balaban J connectivity index is 1.46. The zero-order valence-corrected chi connectivity index (χ0v) is 18.8. The maximum atomic E-state index is 12.8. The molecule has 162 valence electrons. The van der Waals surface area contributed by atoms with E-state index in [1.54, 1.807) is 4.68 Å². The Morgan fingerprint density at radius 1 is 1.16 bits per heavy atom. The third-order valence-corrected chi connectivity index (χ3v) is 6.41. The molecule has 3 heterocycles. The van der Waals surface area contributed by atoms with Crippen LogP contribution in [0.1, 0.15) is 23.3 Å². The van der Waals surface area contributed by atoms with Gasteiger partial charge in [-0.2, -0.15) is 5.10 Å². The molecule has 1 N–H and O–H groups in total. The molecule has 1 amide bonds. The van der Waals surface area contributed by atoms with Crippen LogP contribution in [0.25, 0.3) is 27.6 Å². The Morgan fingerprint density at radius 2 is 1.97 bits per heavy atom. The quantitative estimate of drug-likeness (QED) is 0.424. The van der Waals surface area contributed by atoms with Crippen LogP contribution in [-0.4, -0.2) is 39.9 Å². The van der Waals surface area contributed by atoms with Crippen molar-refractivity contribution in [3.63, 3.8) is 0 Å². The van der Waals surface area contributed by atoms with Crippen molar-refractivity contribution in [3.05, 3.63) is 76.8 Å². The van der Waals surface area contributed by atoms with Crippen molar-refractivity contribution >= 4 is 28.8 Å². The number of carbonyl (C=O) groups excluding carboxylic acids is 1. The van der Waals surface area contributed by atoms with Crippen LogP contribution in [-0.2, 0) is 4.74 Å². The largest absolute Gasteiger partial charge is 0.376 e. The normalized spacial score (nSPS) is 15.7. The number of thiazole rings is 1. The SMILES string of the molecule is O=C(NC[C@H]1CCCO1)c1cc(-c2ccccc2)n(-c2nc(-c3ccc(Cl)cc3)cs2)n1. The van der Waals surface area contributed by atoms with Gasteiger partial charge < -0.3 is 10.1 Å². The Kier molecular flexibility index (Phi) is 6.03. The second-order valence-electron chi connectivity index (χ2n) is 7.56. The zero-order valence-electron chi connectivity index (χ0n) is 17.2. The number of aromatic nitrogens is 3. The molecule has 0 spiro atoms. The summed E-state index contributed by atoms with van der Waals surface area (Å²) in [4.78, 5) is 17.6. The molecule has 32 heavy (non-hydrogen) atoms. The molecule has 0 unspecified atom stereocenters. The Hall–Kier alpha value is -3.00. The summed E-state index contributed by atoms with van der Waals surface area (Å²) in [5.74, 6) is -0.217. The number of hydrogen-bond donors (Lipinski definition) is 1. The first-order chi connectivity index (χ1) is 15.7. The van der Waals surface area contributed by atoms with Crippen LogP contribution in [0.3, 0.4) is 0 Å². The molecule has 4 aromatic rings. The topological polar surface area (TPSA) is 69.0 Å². The highest BCUT2D eigenvalue weighted by Crippen LogP contribution is 2.29. The summed E-state index contributed by atoms with van der Waals surface area (Å²) in [6, 6.07) is 19.2. The van der Waals surface area contributed by atoms with Gasteiger partial charge in [0.15, 0.2) is 5.69 Å². The molecule has 0 saturated carbocycles. The number of nitrogens with one attached hydrogen (secondary N) is 1. The van der Waals surface area contributed by atoms with E-state index in [0.29, 0.717) is 22.4 Å². The molecule has 2 aromatic heterocycles. The number of benzene rings is 2. The van der Waals surface area contributed by atoms with Crippen LogP contribution < -0.4 is 5.32 Å². The minimum atomic E-state index is -0.217. The molecular weight excluding hydrogens is 444 g/mol. The second kappa shape index (κ2) is 9.24. The Bertz CT molecular complexity index is 1210. The van der Waals surface area contributed by atoms with Crippen molar-refractivity contribution in [1.82, 2.24) is 20.1 Å². The molecule has 1 aliphatic rings. The van der Waals surface area contributed by atoms with E-state index in [-0.39, 0.29) is 12.0 Å². The standard InChI is InChI=1S/C24H21ClN4O2S/c25-18-10-8-16(9-11-18)21-15-32-24(27-21)29-22(17-5-2-1-3-6-17)13-20(28-29)23(30)26-14-19-7-4-12-31-19/h1-3,5-6,8-11,13,15,19H,4,7,12,14H2,(H,26,30)/t19-/m1/s1. The van der Waals surface area contributed by atoms with Crippen molar-refractivity contribution in [3.8, 4) is 27.6 Å². The van der Waals surface area contributed by atoms with E-state index in [1.807, 2.05) is 66.0 Å². The van der Waals surface area contributed by atoms with Gasteiger partial charge in [-0.3, -0.25) is 4.79 Å². The average molecular weight is 465 g/mol. The van der Waals surface area contributed by atoms with Gasteiger partial charge in [-0.25, -0.2) is 9.67 Å². The minimum Gasteiger partial charge on any atom is -0.376 e. The van der Waals surface area contributed by atoms with Crippen molar-refractivity contribution in [2.75, 3.05) is 13.2 Å². The van der Waals surface area contributed by atoms with Crippen molar-refractivity contribution < 1.29 is 9.53 Å². The predicted molar refractivity (Wildman–Crippen MR) is 126 cm³/mol. The molecule has 0 radical (unpaired) electrons.